The van der Waals surface area contributed by atoms with E-state index in [0.29, 0.717) is 22.5 Å². The monoisotopic (exact) mass is 379 g/mol. The molecule has 0 saturated heterocycles. The molecule has 0 spiro atoms. The predicted molar refractivity (Wildman–Crippen MR) is 105 cm³/mol. The molecule has 2 N–H and O–H groups in total. The van der Waals surface area contributed by atoms with Crippen molar-refractivity contribution in [1.29, 1.82) is 0 Å². The fourth-order valence-corrected chi connectivity index (χ4v) is 4.40. The Balaban J connectivity index is 1.94. The first-order valence-electron chi connectivity index (χ1n) is 8.23. The lowest BCUT2D eigenvalue weighted by Crippen LogP contribution is -2.12. The summed E-state index contributed by atoms with van der Waals surface area (Å²) in [5.41, 5.74) is 8.42. The topological polar surface area (TPSA) is 87.2 Å². The lowest BCUT2D eigenvalue weighted by Gasteiger charge is -2.11. The van der Waals surface area contributed by atoms with Gasteiger partial charge in [-0.05, 0) is 42.0 Å². The van der Waals surface area contributed by atoms with Gasteiger partial charge in [-0.1, -0.05) is 18.2 Å². The predicted octanol–water partition coefficient (Wildman–Crippen LogP) is 3.53. The normalized spacial score (nSPS) is 11.6. The number of hydrogen-bond donors (Lipinski definition) is 1. The Labute approximate surface area is 156 Å². The number of nitrogen functional groups attached to an aromatic ring is 1. The quantitative estimate of drug-likeness (QED) is 0.548. The number of nitrogens with two attached hydrogens (primary N) is 1. The van der Waals surface area contributed by atoms with E-state index in [1.807, 2.05) is 12.1 Å². The Morgan fingerprint density at radius 3 is 2.52 bits per heavy atom. The summed E-state index contributed by atoms with van der Waals surface area (Å²) in [6, 6.07) is 17.2. The first-order chi connectivity index (χ1) is 13.0. The third-order valence-corrected chi connectivity index (χ3v) is 6.05. The van der Waals surface area contributed by atoms with Crippen LogP contribution < -0.4 is 10.5 Å². The number of benzene rings is 2. The number of methoxy groups -OCH3 is 1. The molecule has 6 nitrogen and oxygen atoms in total. The third-order valence-electron chi connectivity index (χ3n) is 4.37. The average Bonchev–Trinajstić information content (AvgIpc) is 3.14. The molecule has 0 aliphatic carbocycles. The zero-order valence-corrected chi connectivity index (χ0v) is 15.3. The lowest BCUT2D eigenvalue weighted by molar-refractivity contribution is 0.416. The number of hydrogen-bond acceptors (Lipinski definition) is 5. The van der Waals surface area contributed by atoms with Crippen molar-refractivity contribution in [2.45, 2.75) is 4.90 Å². The van der Waals surface area contributed by atoms with Crippen molar-refractivity contribution in [1.82, 2.24) is 8.96 Å². The summed E-state index contributed by atoms with van der Waals surface area (Å²) >= 11 is 0. The van der Waals surface area contributed by atoms with Crippen LogP contribution in [0.25, 0.3) is 22.2 Å². The highest BCUT2D eigenvalue weighted by Gasteiger charge is 2.21. The van der Waals surface area contributed by atoms with Crippen molar-refractivity contribution in [3.63, 3.8) is 0 Å². The highest BCUT2D eigenvalue weighted by molar-refractivity contribution is 7.90. The second-order valence-electron chi connectivity index (χ2n) is 5.99. The van der Waals surface area contributed by atoms with E-state index in [4.69, 9.17) is 10.5 Å². The molecule has 27 heavy (non-hydrogen) atoms. The maximum Gasteiger partial charge on any atom is 0.269 e. The van der Waals surface area contributed by atoms with Gasteiger partial charge in [0, 0.05) is 35.1 Å². The van der Waals surface area contributed by atoms with Crippen LogP contribution in [-0.2, 0) is 10.0 Å². The van der Waals surface area contributed by atoms with Gasteiger partial charge in [0.1, 0.15) is 5.75 Å². The van der Waals surface area contributed by atoms with Crippen molar-refractivity contribution in [2.75, 3.05) is 12.8 Å². The molecule has 7 heteroatoms. The number of rotatable bonds is 4. The molecular formula is C20H17N3O3S. The maximum absolute atomic E-state index is 13.0. The molecule has 0 fully saturated rings. The molecule has 0 unspecified atom stereocenters. The third kappa shape index (κ3) is 2.82. The first kappa shape index (κ1) is 17.1. The second-order valence-corrected chi connectivity index (χ2v) is 7.80. The number of fused-ring (bicyclic) bond motifs is 1. The summed E-state index contributed by atoms with van der Waals surface area (Å²) in [7, 11) is -2.17. The molecule has 0 aliphatic rings. The van der Waals surface area contributed by atoms with Crippen molar-refractivity contribution in [2.24, 2.45) is 0 Å². The molecule has 0 atom stereocenters. The summed E-state index contributed by atoms with van der Waals surface area (Å²) in [6.07, 6.45) is 3.11. The zero-order valence-electron chi connectivity index (χ0n) is 14.5. The van der Waals surface area contributed by atoms with E-state index in [1.165, 1.54) is 10.2 Å². The molecular weight excluding hydrogens is 362 g/mol. The van der Waals surface area contributed by atoms with Crippen LogP contribution in [0.5, 0.6) is 5.75 Å². The van der Waals surface area contributed by atoms with Gasteiger partial charge in [-0.25, -0.2) is 17.4 Å². The summed E-state index contributed by atoms with van der Waals surface area (Å²) in [4.78, 5) is 4.52. The number of pyridine rings is 1. The van der Waals surface area contributed by atoms with E-state index in [9.17, 15) is 8.42 Å². The average molecular weight is 379 g/mol. The Bertz CT molecular complexity index is 1230. The van der Waals surface area contributed by atoms with E-state index in [0.717, 1.165) is 11.1 Å². The van der Waals surface area contributed by atoms with Gasteiger partial charge in [-0.2, -0.15) is 0 Å². The molecule has 4 aromatic rings. The van der Waals surface area contributed by atoms with Crippen molar-refractivity contribution < 1.29 is 13.2 Å². The second kappa shape index (κ2) is 6.44. The Kier molecular flexibility index (Phi) is 4.08. The van der Waals surface area contributed by atoms with Gasteiger partial charge in [-0.15, -0.1) is 0 Å². The molecule has 2 aromatic carbocycles. The molecule has 0 radical (unpaired) electrons. The summed E-state index contributed by atoms with van der Waals surface area (Å²) in [6.45, 7) is 0. The van der Waals surface area contributed by atoms with Crippen LogP contribution in [0, 0.1) is 0 Å². The van der Waals surface area contributed by atoms with Gasteiger partial charge >= 0.3 is 0 Å². The molecule has 136 valence electrons. The van der Waals surface area contributed by atoms with Crippen LogP contribution in [0.1, 0.15) is 0 Å². The molecule has 4 rings (SSSR count). The minimum atomic E-state index is -3.74. The highest BCUT2D eigenvalue weighted by atomic mass is 32.2. The molecule has 0 amide bonds. The number of anilines is 1. The van der Waals surface area contributed by atoms with Gasteiger partial charge in [0.15, 0.2) is 5.65 Å². The standard InChI is InChI=1S/C20H17N3O3S/c1-26-19-13-14(21)7-8-17(19)16-9-11-22-20-18(16)10-12-23(20)27(24,25)15-5-3-2-4-6-15/h2-13H,21H2,1H3. The summed E-state index contributed by atoms with van der Waals surface area (Å²) in [5, 5.41) is 0.708. The summed E-state index contributed by atoms with van der Waals surface area (Å²) < 4.78 is 32.7. The van der Waals surface area contributed by atoms with E-state index in [2.05, 4.69) is 4.98 Å². The maximum atomic E-state index is 13.0. The smallest absolute Gasteiger partial charge is 0.269 e. The minimum Gasteiger partial charge on any atom is -0.496 e. The SMILES string of the molecule is COc1cc(N)ccc1-c1ccnc2c1ccn2S(=O)(=O)c1ccccc1. The minimum absolute atomic E-state index is 0.208. The van der Waals surface area contributed by atoms with Crippen molar-refractivity contribution in [3.8, 4) is 16.9 Å². The molecule has 0 saturated carbocycles. The Hall–Kier alpha value is -3.32. The van der Waals surface area contributed by atoms with Crippen LogP contribution >= 0.6 is 0 Å². The molecule has 2 aromatic heterocycles. The van der Waals surface area contributed by atoms with Crippen LogP contribution in [0.3, 0.4) is 0 Å². The van der Waals surface area contributed by atoms with Gasteiger partial charge in [0.25, 0.3) is 10.0 Å². The Morgan fingerprint density at radius 2 is 1.78 bits per heavy atom. The fraction of sp³-hybridized carbons (Fsp3) is 0.0500. The zero-order chi connectivity index (χ0) is 19.0. The first-order valence-corrected chi connectivity index (χ1v) is 9.67. The lowest BCUT2D eigenvalue weighted by atomic mass is 10.0. The van der Waals surface area contributed by atoms with E-state index in [1.54, 1.807) is 61.8 Å². The van der Waals surface area contributed by atoms with Crippen molar-refractivity contribution in [3.05, 3.63) is 73.1 Å². The summed E-state index contributed by atoms with van der Waals surface area (Å²) in [5.74, 6) is 0.612. The van der Waals surface area contributed by atoms with Gasteiger partial charge < -0.3 is 10.5 Å². The number of ether oxygens (including phenoxy) is 1. The van der Waals surface area contributed by atoms with Crippen LogP contribution in [-0.4, -0.2) is 24.5 Å². The van der Waals surface area contributed by atoms with Crippen LogP contribution in [0.2, 0.25) is 0 Å². The number of nitrogens with zero attached hydrogens (tertiary/aromatic N) is 2. The van der Waals surface area contributed by atoms with E-state index < -0.39 is 10.0 Å². The van der Waals surface area contributed by atoms with Gasteiger partial charge in [0.05, 0.1) is 12.0 Å². The van der Waals surface area contributed by atoms with E-state index >= 15 is 0 Å². The molecule has 2 heterocycles. The molecule has 0 bridgehead atoms. The number of aromatic nitrogens is 2. The van der Waals surface area contributed by atoms with Crippen molar-refractivity contribution >= 4 is 26.7 Å². The van der Waals surface area contributed by atoms with Gasteiger partial charge in [-0.3, -0.25) is 0 Å². The largest absolute Gasteiger partial charge is 0.496 e. The van der Waals surface area contributed by atoms with Gasteiger partial charge in [0.2, 0.25) is 0 Å². The Morgan fingerprint density at radius 1 is 1.00 bits per heavy atom. The highest BCUT2D eigenvalue weighted by Crippen LogP contribution is 2.36. The van der Waals surface area contributed by atoms with E-state index in [-0.39, 0.29) is 4.90 Å². The van der Waals surface area contributed by atoms with Crippen LogP contribution in [0.4, 0.5) is 5.69 Å². The van der Waals surface area contributed by atoms with Crippen LogP contribution in [0.15, 0.2) is 78.0 Å². The fourth-order valence-electron chi connectivity index (χ4n) is 3.08. The molecule has 0 aliphatic heterocycles.